The van der Waals surface area contributed by atoms with E-state index in [1.54, 1.807) is 11.3 Å². The average Bonchev–Trinajstić information content (AvgIpc) is 2.90. The Bertz CT molecular complexity index is 624. The summed E-state index contributed by atoms with van der Waals surface area (Å²) in [4.78, 5) is 16.8. The molecule has 4 nitrogen and oxygen atoms in total. The van der Waals surface area contributed by atoms with E-state index in [1.165, 1.54) is 0 Å². The predicted octanol–water partition coefficient (Wildman–Crippen LogP) is 2.95. The van der Waals surface area contributed by atoms with E-state index in [0.717, 1.165) is 34.2 Å². The monoisotopic (exact) mass is 303 g/mol. The van der Waals surface area contributed by atoms with Crippen LogP contribution in [-0.2, 0) is 24.1 Å². The number of fused-ring (bicyclic) bond motifs is 1. The Balaban J connectivity index is 1.57. The topological polar surface area (TPSA) is 59.4 Å². The van der Waals surface area contributed by atoms with Crippen molar-refractivity contribution in [3.8, 4) is 5.75 Å². The minimum atomic E-state index is -0.692. The summed E-state index contributed by atoms with van der Waals surface area (Å²) >= 11 is 1.64. The molecule has 3 rings (SSSR count). The van der Waals surface area contributed by atoms with Gasteiger partial charge in [0, 0.05) is 11.3 Å². The molecule has 0 radical (unpaired) electrons. The Labute approximate surface area is 127 Å². The van der Waals surface area contributed by atoms with Crippen LogP contribution in [0, 0.1) is 5.92 Å². The fourth-order valence-electron chi connectivity index (χ4n) is 2.52. The summed E-state index contributed by atoms with van der Waals surface area (Å²) in [6, 6.07) is 9.72. The number of ether oxygens (including phenoxy) is 1. The van der Waals surface area contributed by atoms with E-state index in [4.69, 9.17) is 9.84 Å². The number of carboxylic acids is 1. The Morgan fingerprint density at radius 3 is 2.95 bits per heavy atom. The number of para-hydroxylation sites is 1. The van der Waals surface area contributed by atoms with Crippen LogP contribution in [0.25, 0.3) is 0 Å². The van der Waals surface area contributed by atoms with E-state index in [-0.39, 0.29) is 5.92 Å². The molecule has 0 saturated heterocycles. The van der Waals surface area contributed by atoms with E-state index >= 15 is 0 Å². The number of aromatic nitrogens is 1. The van der Waals surface area contributed by atoms with E-state index in [0.29, 0.717) is 19.4 Å². The first kappa shape index (κ1) is 14.1. The van der Waals surface area contributed by atoms with Gasteiger partial charge in [0.15, 0.2) is 0 Å². The van der Waals surface area contributed by atoms with E-state index in [2.05, 4.69) is 4.98 Å². The Morgan fingerprint density at radius 2 is 2.19 bits per heavy atom. The maximum absolute atomic E-state index is 11.1. The third kappa shape index (κ3) is 3.42. The number of carboxylic acid groups (broad SMARTS) is 1. The summed E-state index contributed by atoms with van der Waals surface area (Å²) in [5, 5.41) is 10.1. The summed E-state index contributed by atoms with van der Waals surface area (Å²) in [7, 11) is 0. The van der Waals surface area contributed by atoms with Gasteiger partial charge in [-0.15, -0.1) is 11.3 Å². The van der Waals surface area contributed by atoms with Gasteiger partial charge in [0.2, 0.25) is 0 Å². The van der Waals surface area contributed by atoms with Gasteiger partial charge in [-0.05, 0) is 31.4 Å². The molecule has 2 aromatic rings. The number of hydrogen-bond donors (Lipinski definition) is 1. The number of carbonyl (C=O) groups is 1. The van der Waals surface area contributed by atoms with Gasteiger partial charge in [-0.1, -0.05) is 18.2 Å². The minimum absolute atomic E-state index is 0.244. The van der Waals surface area contributed by atoms with Crippen LogP contribution in [0.4, 0.5) is 0 Å². The van der Waals surface area contributed by atoms with Crippen LogP contribution in [-0.4, -0.2) is 22.7 Å². The molecule has 0 bridgehead atoms. The fourth-order valence-corrected chi connectivity index (χ4v) is 3.69. The van der Waals surface area contributed by atoms with E-state index < -0.39 is 5.97 Å². The number of hydrogen-bond acceptors (Lipinski definition) is 4. The SMILES string of the molecule is O=C(O)C1CCc2nc(CCOc3ccccc3)sc2C1. The van der Waals surface area contributed by atoms with Gasteiger partial charge in [0.1, 0.15) is 5.75 Å². The third-order valence-electron chi connectivity index (χ3n) is 3.66. The Kier molecular flexibility index (Phi) is 4.20. The normalized spacial score (nSPS) is 17.2. The van der Waals surface area contributed by atoms with Gasteiger partial charge in [0.05, 0.1) is 23.2 Å². The molecule has 21 heavy (non-hydrogen) atoms. The smallest absolute Gasteiger partial charge is 0.306 e. The molecule has 1 aromatic heterocycles. The van der Waals surface area contributed by atoms with Crippen molar-refractivity contribution in [3.63, 3.8) is 0 Å². The first-order chi connectivity index (χ1) is 10.2. The maximum atomic E-state index is 11.1. The molecular formula is C16H17NO3S. The molecule has 5 heteroatoms. The first-order valence-electron chi connectivity index (χ1n) is 7.10. The standard InChI is InChI=1S/C16H17NO3S/c18-16(19)11-6-7-13-14(10-11)21-15(17-13)8-9-20-12-4-2-1-3-5-12/h1-5,11H,6-10H2,(H,18,19). The van der Waals surface area contributed by atoms with Crippen LogP contribution in [0.1, 0.15) is 22.0 Å². The van der Waals surface area contributed by atoms with E-state index in [9.17, 15) is 4.79 Å². The minimum Gasteiger partial charge on any atom is -0.493 e. The molecule has 1 unspecified atom stereocenters. The highest BCUT2D eigenvalue weighted by atomic mass is 32.1. The molecule has 0 saturated carbocycles. The second kappa shape index (κ2) is 6.26. The summed E-state index contributed by atoms with van der Waals surface area (Å²) < 4.78 is 5.67. The number of rotatable bonds is 5. The maximum Gasteiger partial charge on any atom is 0.306 e. The molecule has 1 N–H and O–H groups in total. The molecular weight excluding hydrogens is 286 g/mol. The van der Waals surface area contributed by atoms with Gasteiger partial charge in [-0.25, -0.2) is 4.98 Å². The van der Waals surface area contributed by atoms with Crippen molar-refractivity contribution in [1.82, 2.24) is 4.98 Å². The largest absolute Gasteiger partial charge is 0.493 e. The lowest BCUT2D eigenvalue weighted by atomic mass is 9.91. The van der Waals surface area contributed by atoms with Crippen molar-refractivity contribution in [3.05, 3.63) is 45.9 Å². The zero-order chi connectivity index (χ0) is 14.7. The highest BCUT2D eigenvalue weighted by molar-refractivity contribution is 7.11. The second-order valence-corrected chi connectivity index (χ2v) is 6.34. The summed E-state index contributed by atoms with van der Waals surface area (Å²) in [5.41, 5.74) is 1.09. The van der Waals surface area contributed by atoms with Gasteiger partial charge in [-0.2, -0.15) is 0 Å². The van der Waals surface area contributed by atoms with Gasteiger partial charge < -0.3 is 9.84 Å². The quantitative estimate of drug-likeness (QED) is 0.922. The van der Waals surface area contributed by atoms with Crippen molar-refractivity contribution in [2.45, 2.75) is 25.7 Å². The van der Waals surface area contributed by atoms with Crippen molar-refractivity contribution in [1.29, 1.82) is 0 Å². The van der Waals surface area contributed by atoms with E-state index in [1.807, 2.05) is 30.3 Å². The van der Waals surface area contributed by atoms with Crippen LogP contribution < -0.4 is 4.74 Å². The highest BCUT2D eigenvalue weighted by Gasteiger charge is 2.26. The number of benzene rings is 1. The molecule has 0 spiro atoms. The Hall–Kier alpha value is -1.88. The molecule has 0 aliphatic heterocycles. The van der Waals surface area contributed by atoms with Gasteiger partial charge in [0.25, 0.3) is 0 Å². The molecule has 0 fully saturated rings. The van der Waals surface area contributed by atoms with Crippen LogP contribution >= 0.6 is 11.3 Å². The number of aryl methyl sites for hydroxylation is 1. The van der Waals surface area contributed by atoms with Crippen LogP contribution in [0.15, 0.2) is 30.3 Å². The summed E-state index contributed by atoms with van der Waals surface area (Å²) in [6.45, 7) is 0.596. The predicted molar refractivity (Wildman–Crippen MR) is 80.9 cm³/mol. The lowest BCUT2D eigenvalue weighted by molar-refractivity contribution is -0.142. The van der Waals surface area contributed by atoms with Gasteiger partial charge in [-0.3, -0.25) is 4.79 Å². The number of nitrogens with zero attached hydrogens (tertiary/aromatic N) is 1. The van der Waals surface area contributed by atoms with Crippen LogP contribution in [0.5, 0.6) is 5.75 Å². The Morgan fingerprint density at radius 1 is 1.38 bits per heavy atom. The summed E-state index contributed by atoms with van der Waals surface area (Å²) in [5.74, 6) is -0.0702. The first-order valence-corrected chi connectivity index (χ1v) is 7.92. The van der Waals surface area contributed by atoms with Crippen molar-refractivity contribution >= 4 is 17.3 Å². The zero-order valence-electron chi connectivity index (χ0n) is 11.6. The molecule has 0 amide bonds. The molecule has 1 heterocycles. The average molecular weight is 303 g/mol. The molecule has 1 aromatic carbocycles. The van der Waals surface area contributed by atoms with Crippen LogP contribution in [0.2, 0.25) is 0 Å². The number of aliphatic carboxylic acids is 1. The third-order valence-corrected chi connectivity index (χ3v) is 4.84. The van der Waals surface area contributed by atoms with Crippen molar-refractivity contribution in [2.24, 2.45) is 5.92 Å². The van der Waals surface area contributed by atoms with Crippen molar-refractivity contribution in [2.75, 3.05) is 6.61 Å². The summed E-state index contributed by atoms with van der Waals surface area (Å²) in [6.07, 6.45) is 2.88. The lowest BCUT2D eigenvalue weighted by Crippen LogP contribution is -2.21. The number of thiazole rings is 1. The zero-order valence-corrected chi connectivity index (χ0v) is 12.4. The molecule has 1 aliphatic rings. The van der Waals surface area contributed by atoms with Gasteiger partial charge >= 0.3 is 5.97 Å². The van der Waals surface area contributed by atoms with Crippen molar-refractivity contribution < 1.29 is 14.6 Å². The fraction of sp³-hybridized carbons (Fsp3) is 0.375. The second-order valence-electron chi connectivity index (χ2n) is 5.17. The molecule has 110 valence electrons. The molecule has 1 atom stereocenters. The van der Waals surface area contributed by atoms with Crippen LogP contribution in [0.3, 0.4) is 0 Å². The lowest BCUT2D eigenvalue weighted by Gasteiger charge is -2.16. The molecule has 1 aliphatic carbocycles. The highest BCUT2D eigenvalue weighted by Crippen LogP contribution is 2.30.